The predicted molar refractivity (Wildman–Crippen MR) is 72.8 cm³/mol. The van der Waals surface area contributed by atoms with Crippen LogP contribution in [0.25, 0.3) is 0 Å². The molecule has 2 rings (SSSR count). The van der Waals surface area contributed by atoms with Gasteiger partial charge in [0.25, 0.3) is 0 Å². The fourth-order valence-electron chi connectivity index (χ4n) is 1.91. The van der Waals surface area contributed by atoms with E-state index in [-0.39, 0.29) is 23.3 Å². The molecule has 0 aromatic heterocycles. The van der Waals surface area contributed by atoms with Crippen LogP contribution in [0.3, 0.4) is 0 Å². The van der Waals surface area contributed by atoms with Gasteiger partial charge >= 0.3 is 5.97 Å². The molecular formula is C16H12NO4. The van der Waals surface area contributed by atoms with Crippen molar-refractivity contribution in [2.75, 3.05) is 0 Å². The first kappa shape index (κ1) is 14.7. The maximum absolute atomic E-state index is 12.0. The molecule has 0 saturated carbocycles. The van der Waals surface area contributed by atoms with Gasteiger partial charge in [-0.1, -0.05) is 36.4 Å². The van der Waals surface area contributed by atoms with Gasteiger partial charge in [-0.2, -0.15) is 10.4 Å². The molecular weight excluding hydrogens is 270 g/mol. The van der Waals surface area contributed by atoms with Crippen molar-refractivity contribution >= 4 is 5.97 Å². The molecule has 0 heterocycles. The summed E-state index contributed by atoms with van der Waals surface area (Å²) in [7, 11) is 0. The molecule has 1 radical (unpaired) electrons. The molecule has 21 heavy (non-hydrogen) atoms. The van der Waals surface area contributed by atoms with Crippen LogP contribution in [0.2, 0.25) is 0 Å². The maximum Gasteiger partial charge on any atom is 0.336 e. The highest BCUT2D eigenvalue weighted by atomic mass is 16.6. The molecule has 1 N–H and O–H groups in total. The van der Waals surface area contributed by atoms with Crippen LogP contribution >= 0.6 is 0 Å². The first-order valence-electron chi connectivity index (χ1n) is 6.21. The molecule has 5 heteroatoms. The topological polar surface area (TPSA) is 90.2 Å². The van der Waals surface area contributed by atoms with Gasteiger partial charge in [-0.25, -0.2) is 4.79 Å². The van der Waals surface area contributed by atoms with E-state index in [1.807, 2.05) is 6.07 Å². The number of hydrogen-bond donors (Lipinski definition) is 1. The monoisotopic (exact) mass is 282 g/mol. The highest BCUT2D eigenvalue weighted by Crippen LogP contribution is 2.21. The molecule has 0 fully saturated rings. The summed E-state index contributed by atoms with van der Waals surface area (Å²) >= 11 is 0. The lowest BCUT2D eigenvalue weighted by molar-refractivity contribution is -0.152. The number of benzene rings is 2. The smallest absolute Gasteiger partial charge is 0.336 e. The fourth-order valence-corrected chi connectivity index (χ4v) is 1.91. The molecule has 0 aliphatic rings. The Kier molecular flexibility index (Phi) is 4.67. The lowest BCUT2D eigenvalue weighted by Crippen LogP contribution is -2.08. The number of rotatable bonds is 5. The van der Waals surface area contributed by atoms with Gasteiger partial charge < -0.3 is 9.84 Å². The predicted octanol–water partition coefficient (Wildman–Crippen LogP) is 2.90. The third-order valence-corrected chi connectivity index (χ3v) is 2.97. The second-order valence-electron chi connectivity index (χ2n) is 4.30. The molecule has 5 nitrogen and oxygen atoms in total. The van der Waals surface area contributed by atoms with E-state index >= 15 is 0 Å². The van der Waals surface area contributed by atoms with Gasteiger partial charge in [0.05, 0.1) is 23.8 Å². The molecule has 2 aromatic carbocycles. The number of nitrogens with zero attached hydrogens (tertiary/aromatic N) is 1. The molecule has 105 valence electrons. The molecule has 2 aromatic rings. The first-order chi connectivity index (χ1) is 10.1. The summed E-state index contributed by atoms with van der Waals surface area (Å²) in [6.07, 6.45) is -1.54. The van der Waals surface area contributed by atoms with Crippen LogP contribution in [0.1, 0.15) is 33.3 Å². The minimum Gasteiger partial charge on any atom is -0.478 e. The number of carboxylic acids is 1. The van der Waals surface area contributed by atoms with Crippen molar-refractivity contribution in [3.05, 3.63) is 70.8 Å². The van der Waals surface area contributed by atoms with Crippen LogP contribution in [-0.2, 0) is 16.5 Å². The SMILES string of the molecule is N#Cc1ccccc1C([O])OCc1ccccc1C(=O)O. The van der Waals surface area contributed by atoms with Crippen LogP contribution in [0.4, 0.5) is 0 Å². The van der Waals surface area contributed by atoms with E-state index in [1.165, 1.54) is 18.2 Å². The molecule has 0 bridgehead atoms. The van der Waals surface area contributed by atoms with Crippen molar-refractivity contribution in [1.82, 2.24) is 0 Å². The van der Waals surface area contributed by atoms with Gasteiger partial charge in [0.1, 0.15) is 0 Å². The third-order valence-electron chi connectivity index (χ3n) is 2.97. The summed E-state index contributed by atoms with van der Waals surface area (Å²) in [5.74, 6) is -1.07. The summed E-state index contributed by atoms with van der Waals surface area (Å²) in [4.78, 5) is 11.1. The fraction of sp³-hybridized carbons (Fsp3) is 0.125. The van der Waals surface area contributed by atoms with E-state index in [4.69, 9.17) is 15.1 Å². The second-order valence-corrected chi connectivity index (χ2v) is 4.30. The standard InChI is InChI=1S/C16H12NO4/c17-9-11-5-1-4-8-14(11)16(20)21-10-12-6-2-3-7-13(12)15(18)19/h1-8,16H,10H2,(H,18,19). The lowest BCUT2D eigenvalue weighted by Gasteiger charge is -2.12. The normalized spacial score (nSPS) is 11.6. The molecule has 0 aliphatic heterocycles. The van der Waals surface area contributed by atoms with Crippen LogP contribution in [0.15, 0.2) is 48.5 Å². The van der Waals surface area contributed by atoms with Gasteiger partial charge in [0.2, 0.25) is 6.29 Å². The summed E-state index contributed by atoms with van der Waals surface area (Å²) in [6, 6.07) is 14.6. The Hall–Kier alpha value is -2.68. The van der Waals surface area contributed by atoms with Crippen molar-refractivity contribution < 1.29 is 19.7 Å². The Balaban J connectivity index is 2.14. The van der Waals surface area contributed by atoms with E-state index < -0.39 is 12.3 Å². The van der Waals surface area contributed by atoms with E-state index in [1.54, 1.807) is 30.3 Å². The Bertz CT molecular complexity index is 691. The zero-order chi connectivity index (χ0) is 15.2. The highest BCUT2D eigenvalue weighted by Gasteiger charge is 2.16. The summed E-state index contributed by atoms with van der Waals surface area (Å²) in [5, 5.41) is 30.0. The van der Waals surface area contributed by atoms with Crippen molar-refractivity contribution in [3.63, 3.8) is 0 Å². The van der Waals surface area contributed by atoms with Crippen molar-refractivity contribution in [3.8, 4) is 6.07 Å². The molecule has 0 saturated heterocycles. The van der Waals surface area contributed by atoms with Gasteiger partial charge in [-0.15, -0.1) is 0 Å². The van der Waals surface area contributed by atoms with Crippen molar-refractivity contribution in [2.45, 2.75) is 12.9 Å². The lowest BCUT2D eigenvalue weighted by atomic mass is 10.1. The van der Waals surface area contributed by atoms with Gasteiger partial charge in [-0.3, -0.25) is 0 Å². The molecule has 1 unspecified atom stereocenters. The van der Waals surface area contributed by atoms with Crippen LogP contribution < -0.4 is 0 Å². The van der Waals surface area contributed by atoms with Crippen LogP contribution in [0, 0.1) is 11.3 Å². The largest absolute Gasteiger partial charge is 0.478 e. The van der Waals surface area contributed by atoms with Gasteiger partial charge in [0, 0.05) is 5.56 Å². The van der Waals surface area contributed by atoms with Gasteiger partial charge in [-0.05, 0) is 17.7 Å². The summed E-state index contributed by atoms with van der Waals surface area (Å²) in [5.41, 5.74) is 1.01. The minimum atomic E-state index is -1.54. The van der Waals surface area contributed by atoms with E-state index in [0.29, 0.717) is 5.56 Å². The highest BCUT2D eigenvalue weighted by molar-refractivity contribution is 5.89. The van der Waals surface area contributed by atoms with Crippen LogP contribution in [-0.4, -0.2) is 11.1 Å². The van der Waals surface area contributed by atoms with Gasteiger partial charge in [0.15, 0.2) is 0 Å². The zero-order valence-electron chi connectivity index (χ0n) is 11.0. The second kappa shape index (κ2) is 6.66. The number of ether oxygens (including phenoxy) is 1. The van der Waals surface area contributed by atoms with Crippen LogP contribution in [0.5, 0.6) is 0 Å². The number of carboxylic acid groups (broad SMARTS) is 1. The summed E-state index contributed by atoms with van der Waals surface area (Å²) in [6.45, 7) is -0.129. The molecule has 0 amide bonds. The average molecular weight is 282 g/mol. The number of nitriles is 1. The average Bonchev–Trinajstić information content (AvgIpc) is 2.52. The Morgan fingerprint density at radius 2 is 1.86 bits per heavy atom. The molecule has 0 spiro atoms. The Labute approximate surface area is 121 Å². The number of aromatic carboxylic acids is 1. The Morgan fingerprint density at radius 1 is 1.19 bits per heavy atom. The van der Waals surface area contributed by atoms with Crippen molar-refractivity contribution in [1.29, 1.82) is 5.26 Å². The number of hydrogen-bond acceptors (Lipinski definition) is 3. The number of carbonyl (C=O) groups is 1. The molecule has 1 atom stereocenters. The minimum absolute atomic E-state index is 0.0956. The first-order valence-corrected chi connectivity index (χ1v) is 6.21. The van der Waals surface area contributed by atoms with Crippen molar-refractivity contribution in [2.24, 2.45) is 0 Å². The third kappa shape index (κ3) is 3.45. The van der Waals surface area contributed by atoms with E-state index in [9.17, 15) is 9.90 Å². The van der Waals surface area contributed by atoms with E-state index in [2.05, 4.69) is 0 Å². The zero-order valence-corrected chi connectivity index (χ0v) is 11.0. The maximum atomic E-state index is 12.0. The summed E-state index contributed by atoms with van der Waals surface area (Å²) < 4.78 is 5.18. The Morgan fingerprint density at radius 3 is 2.57 bits per heavy atom. The quantitative estimate of drug-likeness (QED) is 0.854. The molecule has 0 aliphatic carbocycles. The van der Waals surface area contributed by atoms with E-state index in [0.717, 1.165) is 0 Å².